The van der Waals surface area contributed by atoms with Crippen molar-refractivity contribution in [2.45, 2.75) is 13.0 Å². The molecule has 0 fully saturated rings. The van der Waals surface area contributed by atoms with Crippen molar-refractivity contribution in [2.75, 3.05) is 11.4 Å². The lowest BCUT2D eigenvalue weighted by molar-refractivity contribution is 0.180. The van der Waals surface area contributed by atoms with Crippen LogP contribution in [-0.2, 0) is 0 Å². The van der Waals surface area contributed by atoms with Gasteiger partial charge in [-0.15, -0.1) is 0 Å². The number of hydrogen-bond acceptors (Lipinski definition) is 2. The third kappa shape index (κ3) is 3.27. The minimum atomic E-state index is -1.18. The molecule has 0 bridgehead atoms. The fourth-order valence-electron chi connectivity index (χ4n) is 1.24. The molecule has 6 heteroatoms. The monoisotopic (exact) mass is 263 g/mol. The summed E-state index contributed by atoms with van der Waals surface area (Å²) in [5, 5.41) is 18.9. The number of carboxylic acid groups (broad SMARTS) is 1. The molecule has 0 aliphatic carbocycles. The number of amides is 1. The normalized spacial score (nSPS) is 12.2. The van der Waals surface area contributed by atoms with Crippen LogP contribution in [-0.4, -0.2) is 29.0 Å². The smallest absolute Gasteiger partial charge is 0.411 e. The van der Waals surface area contributed by atoms with Crippen molar-refractivity contribution >= 4 is 35.0 Å². The molecule has 1 amide bonds. The van der Waals surface area contributed by atoms with E-state index in [9.17, 15) is 9.90 Å². The summed E-state index contributed by atoms with van der Waals surface area (Å²) in [5.74, 6) is 0. The Labute approximate surface area is 103 Å². The molecule has 0 aliphatic rings. The number of anilines is 1. The minimum Gasteiger partial charge on any atom is -0.465 e. The Morgan fingerprint density at radius 3 is 2.56 bits per heavy atom. The molecule has 0 radical (unpaired) electrons. The van der Waals surface area contributed by atoms with Crippen molar-refractivity contribution in [3.8, 4) is 0 Å². The van der Waals surface area contributed by atoms with Gasteiger partial charge in [-0.2, -0.15) is 0 Å². The van der Waals surface area contributed by atoms with Gasteiger partial charge in [0.05, 0.1) is 23.4 Å². The van der Waals surface area contributed by atoms with Gasteiger partial charge in [-0.05, 0) is 25.1 Å². The average Bonchev–Trinajstić information content (AvgIpc) is 2.14. The lowest BCUT2D eigenvalue weighted by Crippen LogP contribution is -2.35. The van der Waals surface area contributed by atoms with Crippen LogP contribution in [0.4, 0.5) is 10.5 Å². The number of halogens is 2. The molecular formula is C10H11Cl2NO3. The molecule has 0 saturated heterocycles. The van der Waals surface area contributed by atoms with Crippen LogP contribution in [0.5, 0.6) is 0 Å². The summed E-state index contributed by atoms with van der Waals surface area (Å²) in [6, 6.07) is 4.50. The van der Waals surface area contributed by atoms with Crippen LogP contribution in [0, 0.1) is 0 Å². The molecule has 0 aromatic heterocycles. The van der Waals surface area contributed by atoms with Crippen molar-refractivity contribution < 1.29 is 15.0 Å². The molecule has 0 aliphatic heterocycles. The van der Waals surface area contributed by atoms with Crippen LogP contribution in [0.2, 0.25) is 10.0 Å². The number of aliphatic hydroxyl groups excluding tert-OH is 1. The molecule has 0 saturated carbocycles. The molecule has 88 valence electrons. The van der Waals surface area contributed by atoms with Crippen LogP contribution >= 0.6 is 23.2 Å². The van der Waals surface area contributed by atoms with Gasteiger partial charge in [0.2, 0.25) is 0 Å². The number of aliphatic hydroxyl groups is 1. The van der Waals surface area contributed by atoms with Gasteiger partial charge in [0.15, 0.2) is 0 Å². The summed E-state index contributed by atoms with van der Waals surface area (Å²) in [4.78, 5) is 12.0. The third-order valence-electron chi connectivity index (χ3n) is 1.88. The van der Waals surface area contributed by atoms with Crippen molar-refractivity contribution in [2.24, 2.45) is 0 Å². The van der Waals surface area contributed by atoms with Crippen molar-refractivity contribution in [1.29, 1.82) is 0 Å². The van der Waals surface area contributed by atoms with Gasteiger partial charge < -0.3 is 10.2 Å². The predicted molar refractivity (Wildman–Crippen MR) is 63.5 cm³/mol. The number of hydrogen-bond donors (Lipinski definition) is 2. The lowest BCUT2D eigenvalue weighted by atomic mass is 10.2. The highest BCUT2D eigenvalue weighted by molar-refractivity contribution is 6.36. The van der Waals surface area contributed by atoms with E-state index in [2.05, 4.69) is 0 Å². The molecule has 4 nitrogen and oxygen atoms in total. The first kappa shape index (κ1) is 13.1. The molecule has 1 atom stereocenters. The molecule has 0 heterocycles. The Hall–Kier alpha value is -0.970. The SMILES string of the molecule is CC(O)CN(C(=O)O)c1ccc(Cl)cc1Cl. The zero-order valence-corrected chi connectivity index (χ0v) is 10.0. The molecule has 1 aromatic carbocycles. The van der Waals surface area contributed by atoms with Gasteiger partial charge in [0, 0.05) is 5.02 Å². The molecule has 1 unspecified atom stereocenters. The zero-order chi connectivity index (χ0) is 12.3. The van der Waals surface area contributed by atoms with E-state index in [0.717, 1.165) is 4.90 Å². The fourth-order valence-corrected chi connectivity index (χ4v) is 1.75. The maximum atomic E-state index is 11.0. The first-order valence-electron chi connectivity index (χ1n) is 4.55. The highest BCUT2D eigenvalue weighted by Crippen LogP contribution is 2.29. The Morgan fingerprint density at radius 1 is 1.50 bits per heavy atom. The van der Waals surface area contributed by atoms with Gasteiger partial charge in [-0.1, -0.05) is 23.2 Å². The maximum Gasteiger partial charge on any atom is 0.411 e. The van der Waals surface area contributed by atoms with Crippen LogP contribution in [0.3, 0.4) is 0 Å². The Balaban J connectivity index is 3.06. The minimum absolute atomic E-state index is 0.0450. The average molecular weight is 264 g/mol. The highest BCUT2D eigenvalue weighted by Gasteiger charge is 2.19. The number of carbonyl (C=O) groups is 1. The molecule has 0 spiro atoms. The van der Waals surface area contributed by atoms with Crippen LogP contribution < -0.4 is 4.90 Å². The van der Waals surface area contributed by atoms with Gasteiger partial charge in [-0.25, -0.2) is 4.79 Å². The second kappa shape index (κ2) is 5.39. The van der Waals surface area contributed by atoms with Gasteiger partial charge >= 0.3 is 6.09 Å². The van der Waals surface area contributed by atoms with E-state index >= 15 is 0 Å². The molecule has 1 aromatic rings. The van der Waals surface area contributed by atoms with Crippen LogP contribution in [0.25, 0.3) is 0 Å². The summed E-state index contributed by atoms with van der Waals surface area (Å²) in [7, 11) is 0. The van der Waals surface area contributed by atoms with Crippen molar-refractivity contribution in [1.82, 2.24) is 0 Å². The van der Waals surface area contributed by atoms with E-state index < -0.39 is 12.2 Å². The number of rotatable bonds is 3. The van der Waals surface area contributed by atoms with Crippen LogP contribution in [0.15, 0.2) is 18.2 Å². The summed E-state index contributed by atoms with van der Waals surface area (Å²) in [6.45, 7) is 1.45. The first-order valence-corrected chi connectivity index (χ1v) is 5.31. The summed E-state index contributed by atoms with van der Waals surface area (Å²) in [6.07, 6.45) is -1.95. The summed E-state index contributed by atoms with van der Waals surface area (Å²) in [5.41, 5.74) is 0.305. The topological polar surface area (TPSA) is 60.8 Å². The molecule has 16 heavy (non-hydrogen) atoms. The van der Waals surface area contributed by atoms with Crippen LogP contribution in [0.1, 0.15) is 6.92 Å². The Bertz CT molecular complexity index is 396. The van der Waals surface area contributed by atoms with E-state index in [-0.39, 0.29) is 11.6 Å². The van der Waals surface area contributed by atoms with Crippen molar-refractivity contribution in [3.05, 3.63) is 28.2 Å². The third-order valence-corrected chi connectivity index (χ3v) is 2.42. The van der Waals surface area contributed by atoms with Gasteiger partial charge in [-0.3, -0.25) is 4.90 Å². The van der Waals surface area contributed by atoms with E-state index in [1.54, 1.807) is 6.07 Å². The largest absolute Gasteiger partial charge is 0.465 e. The van der Waals surface area contributed by atoms with Gasteiger partial charge in [0.1, 0.15) is 0 Å². The zero-order valence-electron chi connectivity index (χ0n) is 8.52. The van der Waals surface area contributed by atoms with E-state index in [4.69, 9.17) is 28.3 Å². The Morgan fingerprint density at radius 2 is 2.12 bits per heavy atom. The quantitative estimate of drug-likeness (QED) is 0.882. The predicted octanol–water partition coefficient (Wildman–Crippen LogP) is 2.86. The molecular weight excluding hydrogens is 253 g/mol. The second-order valence-corrected chi connectivity index (χ2v) is 4.18. The Kier molecular flexibility index (Phi) is 4.41. The number of nitrogens with zero attached hydrogens (tertiary/aromatic N) is 1. The van der Waals surface area contributed by atoms with E-state index in [0.29, 0.717) is 10.7 Å². The number of benzene rings is 1. The summed E-state index contributed by atoms with van der Waals surface area (Å²) < 4.78 is 0. The van der Waals surface area contributed by atoms with Crippen molar-refractivity contribution in [3.63, 3.8) is 0 Å². The maximum absolute atomic E-state index is 11.0. The summed E-state index contributed by atoms with van der Waals surface area (Å²) >= 11 is 11.6. The lowest BCUT2D eigenvalue weighted by Gasteiger charge is -2.21. The molecule has 2 N–H and O–H groups in total. The fraction of sp³-hybridized carbons (Fsp3) is 0.300. The standard InChI is InChI=1S/C10H11Cl2NO3/c1-6(14)5-13(10(15)16)9-3-2-7(11)4-8(9)12/h2-4,6,14H,5H2,1H3,(H,15,16). The highest BCUT2D eigenvalue weighted by atomic mass is 35.5. The second-order valence-electron chi connectivity index (χ2n) is 3.34. The van der Waals surface area contributed by atoms with Gasteiger partial charge in [0.25, 0.3) is 0 Å². The first-order chi connectivity index (χ1) is 7.41. The van der Waals surface area contributed by atoms with E-state index in [1.165, 1.54) is 19.1 Å². The molecule has 1 rings (SSSR count). The van der Waals surface area contributed by atoms with E-state index in [1.807, 2.05) is 0 Å².